The van der Waals surface area contributed by atoms with E-state index >= 15 is 0 Å². The highest BCUT2D eigenvalue weighted by Crippen LogP contribution is 2.36. The van der Waals surface area contributed by atoms with E-state index in [2.05, 4.69) is 9.97 Å². The molecule has 26 heavy (non-hydrogen) atoms. The van der Waals surface area contributed by atoms with Crippen LogP contribution in [0.3, 0.4) is 0 Å². The Kier molecular flexibility index (Phi) is 6.12. The summed E-state index contributed by atoms with van der Waals surface area (Å²) in [6, 6.07) is 20.0. The van der Waals surface area contributed by atoms with E-state index in [1.54, 1.807) is 0 Å². The summed E-state index contributed by atoms with van der Waals surface area (Å²) in [6.07, 6.45) is 1.82. The first-order valence-corrected chi connectivity index (χ1v) is 9.71. The molecule has 3 aromatic rings. The van der Waals surface area contributed by atoms with E-state index < -0.39 is 0 Å². The number of aromatic nitrogens is 2. The van der Waals surface area contributed by atoms with Crippen molar-refractivity contribution < 1.29 is 4.79 Å². The second kappa shape index (κ2) is 8.72. The lowest BCUT2D eigenvalue weighted by Crippen LogP contribution is -2.33. The van der Waals surface area contributed by atoms with Gasteiger partial charge in [-0.1, -0.05) is 72.4 Å². The van der Waals surface area contributed by atoms with Gasteiger partial charge in [-0.2, -0.15) is 0 Å². The van der Waals surface area contributed by atoms with Crippen molar-refractivity contribution in [2.45, 2.75) is 24.3 Å². The van der Waals surface area contributed by atoms with Crippen LogP contribution in [0.5, 0.6) is 0 Å². The normalized spacial score (nSPS) is 11.9. The first kappa shape index (κ1) is 18.3. The van der Waals surface area contributed by atoms with E-state index in [0.29, 0.717) is 13.1 Å². The maximum atomic E-state index is 13.1. The fourth-order valence-electron chi connectivity index (χ4n) is 2.83. The summed E-state index contributed by atoms with van der Waals surface area (Å²) in [5.41, 5.74) is 3.03. The Bertz CT molecular complexity index is 829. The molecule has 5 heteroatoms. The molecule has 3 rings (SSSR count). The van der Waals surface area contributed by atoms with Gasteiger partial charge in [-0.05, 0) is 25.0 Å². The van der Waals surface area contributed by atoms with Crippen molar-refractivity contribution in [2.24, 2.45) is 0 Å². The Hall–Kier alpha value is -2.53. The Labute approximate surface area is 158 Å². The molecule has 0 unspecified atom stereocenters. The molecule has 1 aromatic heterocycles. The zero-order valence-electron chi connectivity index (χ0n) is 15.1. The minimum Gasteiger partial charge on any atom is -0.342 e. The quantitative estimate of drug-likeness (QED) is 0.613. The number of amides is 1. The molecule has 1 atom stereocenters. The van der Waals surface area contributed by atoms with Crippen LogP contribution in [-0.2, 0) is 4.79 Å². The molecule has 1 heterocycles. The summed E-state index contributed by atoms with van der Waals surface area (Å²) in [7, 11) is 0. The largest absolute Gasteiger partial charge is 0.342 e. The predicted octanol–water partition coefficient (Wildman–Crippen LogP) is 4.78. The lowest BCUT2D eigenvalue weighted by Gasteiger charge is -2.24. The molecule has 1 N–H and O–H groups in total. The number of carbonyl (C=O) groups excluding carboxylic acids is 1. The minimum absolute atomic E-state index is 0.115. The first-order valence-electron chi connectivity index (χ1n) is 8.83. The topological polar surface area (TPSA) is 49.0 Å². The molecular formula is C21H23N3OS. The van der Waals surface area contributed by atoms with E-state index in [1.165, 1.54) is 11.8 Å². The number of carbonyl (C=O) groups is 1. The minimum atomic E-state index is -0.314. The molecular weight excluding hydrogens is 342 g/mol. The highest BCUT2D eigenvalue weighted by molar-refractivity contribution is 8.00. The summed E-state index contributed by atoms with van der Waals surface area (Å²) in [5.74, 6) is 0.115. The first-order chi connectivity index (χ1) is 12.7. The van der Waals surface area contributed by atoms with Gasteiger partial charge >= 0.3 is 0 Å². The van der Waals surface area contributed by atoms with Gasteiger partial charge in [-0.25, -0.2) is 4.98 Å². The number of benzene rings is 2. The van der Waals surface area contributed by atoms with Gasteiger partial charge in [0.2, 0.25) is 5.91 Å². The summed E-state index contributed by atoms with van der Waals surface area (Å²) >= 11 is 1.47. The third kappa shape index (κ3) is 4.17. The average molecular weight is 366 g/mol. The molecule has 0 radical (unpaired) electrons. The average Bonchev–Trinajstić information content (AvgIpc) is 3.17. The maximum absolute atomic E-state index is 13.1. The molecule has 0 bridgehead atoms. The molecule has 0 spiro atoms. The van der Waals surface area contributed by atoms with Crippen molar-refractivity contribution in [1.29, 1.82) is 0 Å². The summed E-state index contributed by atoms with van der Waals surface area (Å²) in [4.78, 5) is 22.7. The Morgan fingerprint density at radius 1 is 1.04 bits per heavy atom. The van der Waals surface area contributed by atoms with Crippen molar-refractivity contribution in [3.63, 3.8) is 0 Å². The molecule has 0 aliphatic carbocycles. The zero-order chi connectivity index (χ0) is 18.4. The van der Waals surface area contributed by atoms with Gasteiger partial charge in [0.15, 0.2) is 5.16 Å². The van der Waals surface area contributed by atoms with Gasteiger partial charge < -0.3 is 9.88 Å². The monoisotopic (exact) mass is 365 g/mol. The van der Waals surface area contributed by atoms with E-state index in [9.17, 15) is 4.79 Å². The van der Waals surface area contributed by atoms with Crippen LogP contribution < -0.4 is 0 Å². The fraction of sp³-hybridized carbons (Fsp3) is 0.238. The van der Waals surface area contributed by atoms with Crippen LogP contribution in [0.25, 0.3) is 11.3 Å². The zero-order valence-corrected chi connectivity index (χ0v) is 15.9. The van der Waals surface area contributed by atoms with Crippen molar-refractivity contribution >= 4 is 17.7 Å². The molecule has 134 valence electrons. The number of nitrogens with one attached hydrogen (secondary N) is 1. The van der Waals surface area contributed by atoms with Crippen LogP contribution in [0, 0.1) is 0 Å². The van der Waals surface area contributed by atoms with Crippen LogP contribution in [0.1, 0.15) is 24.7 Å². The number of rotatable bonds is 7. The number of nitrogens with zero attached hydrogens (tertiary/aromatic N) is 2. The molecule has 4 nitrogen and oxygen atoms in total. The van der Waals surface area contributed by atoms with Crippen LogP contribution in [0.2, 0.25) is 0 Å². The third-order valence-corrected chi connectivity index (χ3v) is 5.41. The Morgan fingerprint density at radius 3 is 2.27 bits per heavy atom. The van der Waals surface area contributed by atoms with Gasteiger partial charge in [0, 0.05) is 13.1 Å². The molecule has 0 aliphatic rings. The molecule has 0 saturated heterocycles. The number of H-pyrrole nitrogens is 1. The summed E-state index contributed by atoms with van der Waals surface area (Å²) < 4.78 is 0. The van der Waals surface area contributed by atoms with Gasteiger partial charge in [0.05, 0.1) is 11.9 Å². The molecule has 0 fully saturated rings. The molecule has 2 aromatic carbocycles. The highest BCUT2D eigenvalue weighted by atomic mass is 32.2. The van der Waals surface area contributed by atoms with E-state index in [1.807, 2.05) is 85.6 Å². The van der Waals surface area contributed by atoms with Crippen molar-refractivity contribution in [3.05, 3.63) is 72.4 Å². The van der Waals surface area contributed by atoms with Gasteiger partial charge in [-0.3, -0.25) is 4.79 Å². The standard InChI is InChI=1S/C21H23N3OS/c1-3-24(4-2)20(25)19(17-13-9-6-10-14-17)26-21-22-15-18(23-21)16-11-7-5-8-12-16/h5-15,19H,3-4H2,1-2H3,(H,22,23)/t19-/m1/s1. The number of thioether (sulfide) groups is 1. The number of hydrogen-bond donors (Lipinski definition) is 1. The van der Waals surface area contributed by atoms with Crippen LogP contribution in [0.15, 0.2) is 72.0 Å². The SMILES string of the molecule is CCN(CC)C(=O)[C@H](Sc1ncc(-c2ccccc2)[nH]1)c1ccccc1. The number of imidazole rings is 1. The van der Waals surface area contributed by atoms with Crippen molar-refractivity contribution in [1.82, 2.24) is 14.9 Å². The van der Waals surface area contributed by atoms with Crippen molar-refractivity contribution in [3.8, 4) is 11.3 Å². The smallest absolute Gasteiger partial charge is 0.240 e. The van der Waals surface area contributed by atoms with E-state index in [0.717, 1.165) is 22.0 Å². The Balaban J connectivity index is 1.87. The second-order valence-corrected chi connectivity index (χ2v) is 6.98. The van der Waals surface area contributed by atoms with Gasteiger partial charge in [-0.15, -0.1) is 0 Å². The molecule has 0 saturated carbocycles. The van der Waals surface area contributed by atoms with E-state index in [-0.39, 0.29) is 11.2 Å². The number of likely N-dealkylation sites (N-methyl/N-ethyl adjacent to an activating group) is 1. The lowest BCUT2D eigenvalue weighted by molar-refractivity contribution is -0.130. The van der Waals surface area contributed by atoms with Crippen LogP contribution >= 0.6 is 11.8 Å². The number of hydrogen-bond acceptors (Lipinski definition) is 3. The second-order valence-electron chi connectivity index (χ2n) is 5.89. The van der Waals surface area contributed by atoms with Gasteiger partial charge in [0.25, 0.3) is 0 Å². The van der Waals surface area contributed by atoms with Crippen LogP contribution in [-0.4, -0.2) is 33.9 Å². The Morgan fingerprint density at radius 2 is 1.65 bits per heavy atom. The van der Waals surface area contributed by atoms with Crippen LogP contribution in [0.4, 0.5) is 0 Å². The molecule has 1 amide bonds. The highest BCUT2D eigenvalue weighted by Gasteiger charge is 2.26. The summed E-state index contributed by atoms with van der Waals surface area (Å²) in [6.45, 7) is 5.42. The molecule has 0 aliphatic heterocycles. The maximum Gasteiger partial charge on any atom is 0.240 e. The lowest BCUT2D eigenvalue weighted by atomic mass is 10.1. The van der Waals surface area contributed by atoms with Gasteiger partial charge in [0.1, 0.15) is 5.25 Å². The van der Waals surface area contributed by atoms with E-state index in [4.69, 9.17) is 0 Å². The predicted molar refractivity (Wildman–Crippen MR) is 107 cm³/mol. The number of aromatic amines is 1. The third-order valence-electron chi connectivity index (χ3n) is 4.27. The van der Waals surface area contributed by atoms with Crippen molar-refractivity contribution in [2.75, 3.05) is 13.1 Å². The summed E-state index contributed by atoms with van der Waals surface area (Å²) in [5, 5.41) is 0.434. The fourth-order valence-corrected chi connectivity index (χ4v) is 3.88.